The van der Waals surface area contributed by atoms with E-state index in [0.717, 1.165) is 12.8 Å². The smallest absolute Gasteiger partial charge is 0.259 e. The molecule has 152 valence electrons. The van der Waals surface area contributed by atoms with E-state index < -0.39 is 14.6 Å². The topological polar surface area (TPSA) is 65.7 Å². The predicted molar refractivity (Wildman–Crippen MR) is 114 cm³/mol. The van der Waals surface area contributed by atoms with E-state index in [-0.39, 0.29) is 22.9 Å². The highest BCUT2D eigenvalue weighted by molar-refractivity contribution is 8.77. The molecule has 1 fully saturated rings. The van der Waals surface area contributed by atoms with Crippen molar-refractivity contribution in [2.75, 3.05) is 6.61 Å². The quantitative estimate of drug-likeness (QED) is 0.321. The molecule has 2 unspecified atom stereocenters. The van der Waals surface area contributed by atoms with Gasteiger partial charge in [0.25, 0.3) is 8.53 Å². The van der Waals surface area contributed by atoms with Crippen molar-refractivity contribution in [1.82, 2.24) is 4.67 Å². The summed E-state index contributed by atoms with van der Waals surface area (Å²) < 4.78 is 14.5. The van der Waals surface area contributed by atoms with Gasteiger partial charge in [0.1, 0.15) is 6.10 Å². The molecule has 1 rings (SSSR count). The standard InChI is InChI=1S/C18H35N2O3PS2/c1-13(2)20(14(3)4)24(22-12-8-11-19)23-17-16(21)10-9-15(5)25-26-18(17,6)7/h13-17,21H,8-10,12H2,1-7H3/t15?,16-,17+,24?/m0/s1. The van der Waals surface area contributed by atoms with Gasteiger partial charge in [-0.25, -0.2) is 4.67 Å². The van der Waals surface area contributed by atoms with Crippen molar-refractivity contribution in [2.45, 2.75) is 102 Å². The van der Waals surface area contributed by atoms with Crippen LogP contribution in [0, 0.1) is 11.3 Å². The highest BCUT2D eigenvalue weighted by Crippen LogP contribution is 2.53. The van der Waals surface area contributed by atoms with E-state index in [1.165, 1.54) is 0 Å². The zero-order valence-electron chi connectivity index (χ0n) is 17.1. The molecule has 0 amide bonds. The first-order chi connectivity index (χ1) is 12.1. The Kier molecular flexibility index (Phi) is 10.8. The summed E-state index contributed by atoms with van der Waals surface area (Å²) in [5, 5.41) is 20.2. The molecule has 0 aromatic rings. The van der Waals surface area contributed by atoms with E-state index in [4.69, 9.17) is 14.3 Å². The van der Waals surface area contributed by atoms with Gasteiger partial charge in [0.05, 0.1) is 25.2 Å². The van der Waals surface area contributed by atoms with Crippen LogP contribution in [-0.4, -0.2) is 50.7 Å². The van der Waals surface area contributed by atoms with Gasteiger partial charge in [-0.05, 0) is 54.4 Å². The Hall–Kier alpha value is 0.460. The van der Waals surface area contributed by atoms with E-state index in [9.17, 15) is 5.11 Å². The number of nitriles is 1. The summed E-state index contributed by atoms with van der Waals surface area (Å²) in [4.78, 5) is 0. The lowest BCUT2D eigenvalue weighted by Gasteiger charge is -2.43. The van der Waals surface area contributed by atoms with Crippen molar-refractivity contribution in [3.05, 3.63) is 0 Å². The second-order valence-electron chi connectivity index (χ2n) is 7.81. The van der Waals surface area contributed by atoms with E-state index in [1.807, 2.05) is 10.8 Å². The maximum atomic E-state index is 10.8. The molecular weight excluding hydrogens is 387 g/mol. The number of aliphatic hydroxyl groups is 1. The van der Waals surface area contributed by atoms with Gasteiger partial charge in [0.15, 0.2) is 0 Å². The highest BCUT2D eigenvalue weighted by atomic mass is 33.1. The van der Waals surface area contributed by atoms with Gasteiger partial charge in [0, 0.05) is 22.1 Å². The Balaban J connectivity index is 3.02. The zero-order chi connectivity index (χ0) is 19.9. The van der Waals surface area contributed by atoms with E-state index in [2.05, 4.69) is 59.2 Å². The number of hydrogen-bond acceptors (Lipinski definition) is 7. The molecule has 1 heterocycles. The van der Waals surface area contributed by atoms with Crippen LogP contribution in [0.2, 0.25) is 0 Å². The van der Waals surface area contributed by atoms with Crippen molar-refractivity contribution in [3.63, 3.8) is 0 Å². The zero-order valence-corrected chi connectivity index (χ0v) is 19.7. The predicted octanol–water partition coefficient (Wildman–Crippen LogP) is 5.35. The minimum Gasteiger partial charge on any atom is -0.390 e. The first kappa shape index (κ1) is 24.5. The molecule has 8 heteroatoms. The van der Waals surface area contributed by atoms with Crippen LogP contribution in [0.1, 0.15) is 67.7 Å². The summed E-state index contributed by atoms with van der Waals surface area (Å²) in [6.07, 6.45) is 1.20. The van der Waals surface area contributed by atoms with Gasteiger partial charge in [-0.15, -0.1) is 0 Å². The molecule has 0 aromatic carbocycles. The summed E-state index contributed by atoms with van der Waals surface area (Å²) in [7, 11) is 2.30. The average Bonchev–Trinajstić information content (AvgIpc) is 2.53. The molecule has 5 nitrogen and oxygen atoms in total. The van der Waals surface area contributed by atoms with Crippen LogP contribution in [0.5, 0.6) is 0 Å². The Labute approximate surface area is 168 Å². The minimum atomic E-state index is -1.35. The Bertz CT molecular complexity index is 452. The first-order valence-corrected chi connectivity index (χ1v) is 12.7. The van der Waals surface area contributed by atoms with Crippen molar-refractivity contribution >= 4 is 30.1 Å². The summed E-state index contributed by atoms with van der Waals surface area (Å²) in [6.45, 7) is 15.3. The molecule has 4 atom stereocenters. The minimum absolute atomic E-state index is 0.239. The van der Waals surface area contributed by atoms with E-state index in [1.54, 1.807) is 10.8 Å². The van der Waals surface area contributed by atoms with Crippen LogP contribution in [-0.2, 0) is 9.05 Å². The normalized spacial score (nSPS) is 28.0. The summed E-state index contributed by atoms with van der Waals surface area (Å²) >= 11 is 0. The monoisotopic (exact) mass is 422 g/mol. The van der Waals surface area contributed by atoms with Crippen molar-refractivity contribution in [1.29, 1.82) is 5.26 Å². The first-order valence-electron chi connectivity index (χ1n) is 9.37. The van der Waals surface area contributed by atoms with Crippen molar-refractivity contribution < 1.29 is 14.2 Å². The lowest BCUT2D eigenvalue weighted by atomic mass is 9.97. The fraction of sp³-hybridized carbons (Fsp3) is 0.944. The second-order valence-corrected chi connectivity index (χ2v) is 12.5. The molecule has 0 radical (unpaired) electrons. The van der Waals surface area contributed by atoms with Gasteiger partial charge < -0.3 is 14.2 Å². The van der Waals surface area contributed by atoms with Gasteiger partial charge in [-0.3, -0.25) is 0 Å². The third-order valence-corrected chi connectivity index (χ3v) is 10.2. The molecule has 0 saturated carbocycles. The molecular formula is C18H35N2O3PS2. The molecule has 1 aliphatic heterocycles. The van der Waals surface area contributed by atoms with Gasteiger partial charge in [-0.2, -0.15) is 5.26 Å². The van der Waals surface area contributed by atoms with Gasteiger partial charge in [0.2, 0.25) is 0 Å². The van der Waals surface area contributed by atoms with Crippen LogP contribution in [0.25, 0.3) is 0 Å². The third kappa shape index (κ3) is 7.47. The summed E-state index contributed by atoms with van der Waals surface area (Å²) in [5.74, 6) is 0. The van der Waals surface area contributed by atoms with Gasteiger partial charge >= 0.3 is 0 Å². The van der Waals surface area contributed by atoms with Crippen LogP contribution < -0.4 is 0 Å². The second kappa shape index (κ2) is 11.5. The molecule has 1 saturated heterocycles. The SMILES string of the molecule is CC1CC[C@H](O)[C@@H](OP(OCCC#N)N(C(C)C)C(C)C)C(C)(C)SS1. The van der Waals surface area contributed by atoms with Crippen LogP contribution in [0.3, 0.4) is 0 Å². The maximum absolute atomic E-state index is 10.8. The average molecular weight is 423 g/mol. The van der Waals surface area contributed by atoms with Gasteiger partial charge in [-0.1, -0.05) is 28.5 Å². The molecule has 1 aliphatic rings. The number of hydrogen-bond donors (Lipinski definition) is 1. The van der Waals surface area contributed by atoms with Crippen LogP contribution in [0.4, 0.5) is 0 Å². The number of aliphatic hydroxyl groups excluding tert-OH is 1. The molecule has 0 bridgehead atoms. The largest absolute Gasteiger partial charge is 0.390 e. The van der Waals surface area contributed by atoms with E-state index in [0.29, 0.717) is 18.3 Å². The Morgan fingerprint density at radius 2 is 1.88 bits per heavy atom. The number of nitrogens with zero attached hydrogens (tertiary/aromatic N) is 2. The fourth-order valence-corrected chi connectivity index (χ4v) is 7.64. The third-order valence-electron chi connectivity index (χ3n) is 4.20. The number of rotatable bonds is 8. The Morgan fingerprint density at radius 1 is 1.27 bits per heavy atom. The molecule has 0 spiro atoms. The molecule has 0 aliphatic carbocycles. The Morgan fingerprint density at radius 3 is 2.42 bits per heavy atom. The van der Waals surface area contributed by atoms with Crippen molar-refractivity contribution in [3.8, 4) is 6.07 Å². The molecule has 1 N–H and O–H groups in total. The maximum Gasteiger partial charge on any atom is 0.259 e. The molecule has 0 aromatic heterocycles. The summed E-state index contributed by atoms with van der Waals surface area (Å²) in [6, 6.07) is 2.62. The van der Waals surface area contributed by atoms with E-state index >= 15 is 0 Å². The van der Waals surface area contributed by atoms with Crippen LogP contribution in [0.15, 0.2) is 0 Å². The van der Waals surface area contributed by atoms with Crippen LogP contribution >= 0.6 is 30.1 Å². The fourth-order valence-electron chi connectivity index (χ4n) is 2.91. The summed E-state index contributed by atoms with van der Waals surface area (Å²) in [5.41, 5.74) is 0. The highest BCUT2D eigenvalue weighted by Gasteiger charge is 2.42. The molecule has 26 heavy (non-hydrogen) atoms. The van der Waals surface area contributed by atoms with Crippen molar-refractivity contribution in [2.24, 2.45) is 0 Å². The lowest BCUT2D eigenvalue weighted by Crippen LogP contribution is -2.46. The lowest BCUT2D eigenvalue weighted by molar-refractivity contribution is 0.00209.